The molecule has 17 heavy (non-hydrogen) atoms. The third-order valence-corrected chi connectivity index (χ3v) is 2.71. The maximum absolute atomic E-state index is 13.5. The molecule has 1 aromatic rings. The molecule has 0 fully saturated rings. The summed E-state index contributed by atoms with van der Waals surface area (Å²) in [5.74, 6) is 0.413. The fourth-order valence-electron chi connectivity index (χ4n) is 1.96. The molecular weight excluding hydrogens is 215 g/mol. The molecule has 1 N–H and O–H groups in total. The molecule has 1 unspecified atom stereocenters. The number of aromatic nitrogens is 1. The molecule has 1 aromatic heterocycles. The van der Waals surface area contributed by atoms with Gasteiger partial charge in [-0.1, -0.05) is 20.8 Å². The molecular formula is C14H23FN2. The van der Waals surface area contributed by atoms with Gasteiger partial charge in [-0.2, -0.15) is 0 Å². The minimum atomic E-state index is -0.195. The fourth-order valence-corrected chi connectivity index (χ4v) is 1.96. The molecule has 0 radical (unpaired) electrons. The van der Waals surface area contributed by atoms with Crippen molar-refractivity contribution in [2.24, 2.45) is 5.92 Å². The first-order chi connectivity index (χ1) is 8.13. The van der Waals surface area contributed by atoms with E-state index < -0.39 is 0 Å². The summed E-state index contributed by atoms with van der Waals surface area (Å²) in [6.45, 7) is 7.50. The van der Waals surface area contributed by atoms with Crippen LogP contribution in [0.15, 0.2) is 18.3 Å². The van der Waals surface area contributed by atoms with E-state index in [1.54, 1.807) is 12.3 Å². The van der Waals surface area contributed by atoms with Crippen LogP contribution in [0.25, 0.3) is 0 Å². The van der Waals surface area contributed by atoms with Crippen LogP contribution in [0.3, 0.4) is 0 Å². The van der Waals surface area contributed by atoms with Gasteiger partial charge < -0.3 is 5.32 Å². The Morgan fingerprint density at radius 3 is 2.76 bits per heavy atom. The highest BCUT2D eigenvalue weighted by Gasteiger charge is 2.13. The van der Waals surface area contributed by atoms with Gasteiger partial charge in [0, 0.05) is 18.7 Å². The Hall–Kier alpha value is -0.960. The number of hydrogen-bond acceptors (Lipinski definition) is 2. The van der Waals surface area contributed by atoms with Gasteiger partial charge >= 0.3 is 0 Å². The predicted molar refractivity (Wildman–Crippen MR) is 69.4 cm³/mol. The molecule has 1 atom stereocenters. The van der Waals surface area contributed by atoms with Crippen LogP contribution in [0.5, 0.6) is 0 Å². The smallest absolute Gasteiger partial charge is 0.144 e. The second-order valence-corrected chi connectivity index (χ2v) is 4.92. The number of pyridine rings is 1. The first kappa shape index (κ1) is 14.1. The lowest BCUT2D eigenvalue weighted by Gasteiger charge is -2.20. The fraction of sp³-hybridized carbons (Fsp3) is 0.643. The maximum Gasteiger partial charge on any atom is 0.144 e. The van der Waals surface area contributed by atoms with Crippen molar-refractivity contribution in [3.05, 3.63) is 29.8 Å². The monoisotopic (exact) mass is 238 g/mol. The van der Waals surface area contributed by atoms with Crippen LogP contribution in [0.4, 0.5) is 4.39 Å². The lowest BCUT2D eigenvalue weighted by molar-refractivity contribution is 0.408. The average Bonchev–Trinajstić information content (AvgIpc) is 2.28. The largest absolute Gasteiger partial charge is 0.314 e. The molecule has 0 saturated carbocycles. The Labute approximate surface area is 104 Å². The Morgan fingerprint density at radius 2 is 2.18 bits per heavy atom. The summed E-state index contributed by atoms with van der Waals surface area (Å²) in [6, 6.07) is 3.43. The van der Waals surface area contributed by atoms with E-state index in [1.165, 1.54) is 6.07 Å². The summed E-state index contributed by atoms with van der Waals surface area (Å²) in [7, 11) is 0. The molecule has 3 heteroatoms. The van der Waals surface area contributed by atoms with E-state index in [0.29, 0.717) is 24.1 Å². The summed E-state index contributed by atoms with van der Waals surface area (Å²) in [5, 5.41) is 3.47. The quantitative estimate of drug-likeness (QED) is 0.789. The van der Waals surface area contributed by atoms with E-state index in [1.807, 2.05) is 0 Å². The van der Waals surface area contributed by atoms with Crippen LogP contribution in [-0.2, 0) is 6.42 Å². The highest BCUT2D eigenvalue weighted by molar-refractivity contribution is 5.08. The van der Waals surface area contributed by atoms with Crippen molar-refractivity contribution in [3.63, 3.8) is 0 Å². The molecule has 1 heterocycles. The Bertz CT molecular complexity index is 326. The number of nitrogens with zero attached hydrogens (tertiary/aromatic N) is 1. The van der Waals surface area contributed by atoms with Gasteiger partial charge in [0.2, 0.25) is 0 Å². The van der Waals surface area contributed by atoms with Crippen molar-refractivity contribution >= 4 is 0 Å². The maximum atomic E-state index is 13.5. The van der Waals surface area contributed by atoms with Gasteiger partial charge in [-0.05, 0) is 37.4 Å². The molecule has 96 valence electrons. The second kappa shape index (κ2) is 7.38. The number of nitrogens with one attached hydrogen (secondary N) is 1. The number of halogens is 1. The Kier molecular flexibility index (Phi) is 6.12. The van der Waals surface area contributed by atoms with Crippen LogP contribution in [0.2, 0.25) is 0 Å². The highest BCUT2D eigenvalue weighted by Crippen LogP contribution is 2.12. The highest BCUT2D eigenvalue weighted by atomic mass is 19.1. The minimum Gasteiger partial charge on any atom is -0.314 e. The lowest BCUT2D eigenvalue weighted by atomic mass is 9.99. The summed E-state index contributed by atoms with van der Waals surface area (Å²) in [4.78, 5) is 4.12. The van der Waals surface area contributed by atoms with Gasteiger partial charge in [-0.3, -0.25) is 4.98 Å². The Balaban J connectivity index is 2.61. The van der Waals surface area contributed by atoms with Crippen molar-refractivity contribution in [2.75, 3.05) is 6.54 Å². The van der Waals surface area contributed by atoms with Gasteiger partial charge in [0.05, 0.1) is 5.69 Å². The summed E-state index contributed by atoms with van der Waals surface area (Å²) < 4.78 is 13.5. The lowest BCUT2D eigenvalue weighted by Crippen LogP contribution is -2.33. The van der Waals surface area contributed by atoms with Gasteiger partial charge in [-0.25, -0.2) is 4.39 Å². The normalized spacial score (nSPS) is 13.0. The van der Waals surface area contributed by atoms with Crippen molar-refractivity contribution in [2.45, 2.75) is 46.1 Å². The third-order valence-electron chi connectivity index (χ3n) is 2.71. The van der Waals surface area contributed by atoms with Crippen LogP contribution in [0, 0.1) is 11.7 Å². The van der Waals surface area contributed by atoms with Crippen LogP contribution >= 0.6 is 0 Å². The van der Waals surface area contributed by atoms with Crippen LogP contribution in [-0.4, -0.2) is 17.6 Å². The zero-order valence-corrected chi connectivity index (χ0v) is 11.0. The SMILES string of the molecule is CCCNC(Cc1ncccc1F)CC(C)C. The second-order valence-electron chi connectivity index (χ2n) is 4.92. The van der Waals surface area contributed by atoms with E-state index >= 15 is 0 Å². The van der Waals surface area contributed by atoms with Gasteiger partial charge in [0.15, 0.2) is 0 Å². The molecule has 0 amide bonds. The average molecular weight is 238 g/mol. The van der Waals surface area contributed by atoms with Crippen molar-refractivity contribution in [1.29, 1.82) is 0 Å². The van der Waals surface area contributed by atoms with Crippen LogP contribution < -0.4 is 5.32 Å². The first-order valence-electron chi connectivity index (χ1n) is 6.46. The van der Waals surface area contributed by atoms with Gasteiger partial charge in [0.25, 0.3) is 0 Å². The standard InChI is InChI=1S/C14H23FN2/c1-4-7-16-12(9-11(2)3)10-14-13(15)6-5-8-17-14/h5-6,8,11-12,16H,4,7,9-10H2,1-3H3. The van der Waals surface area contributed by atoms with E-state index in [0.717, 1.165) is 19.4 Å². The summed E-state index contributed by atoms with van der Waals surface area (Å²) in [5.41, 5.74) is 0.571. The summed E-state index contributed by atoms with van der Waals surface area (Å²) in [6.07, 6.45) is 4.48. The minimum absolute atomic E-state index is 0.195. The van der Waals surface area contributed by atoms with Crippen LogP contribution in [0.1, 0.15) is 39.3 Å². The zero-order valence-electron chi connectivity index (χ0n) is 11.0. The molecule has 0 aliphatic heterocycles. The van der Waals surface area contributed by atoms with E-state index in [4.69, 9.17) is 0 Å². The molecule has 0 spiro atoms. The number of rotatable bonds is 7. The van der Waals surface area contributed by atoms with Crippen molar-refractivity contribution < 1.29 is 4.39 Å². The molecule has 0 bridgehead atoms. The van der Waals surface area contributed by atoms with E-state index in [9.17, 15) is 4.39 Å². The first-order valence-corrected chi connectivity index (χ1v) is 6.46. The molecule has 0 saturated heterocycles. The molecule has 0 aliphatic carbocycles. The van der Waals surface area contributed by atoms with Gasteiger partial charge in [-0.15, -0.1) is 0 Å². The molecule has 1 rings (SSSR count). The van der Waals surface area contributed by atoms with Crippen molar-refractivity contribution in [3.8, 4) is 0 Å². The zero-order chi connectivity index (χ0) is 12.7. The summed E-state index contributed by atoms with van der Waals surface area (Å²) >= 11 is 0. The van der Waals surface area contributed by atoms with Gasteiger partial charge in [0.1, 0.15) is 5.82 Å². The molecule has 2 nitrogen and oxygen atoms in total. The van der Waals surface area contributed by atoms with E-state index in [-0.39, 0.29) is 5.82 Å². The molecule has 0 aromatic carbocycles. The third kappa shape index (κ3) is 5.26. The van der Waals surface area contributed by atoms with Crippen molar-refractivity contribution in [1.82, 2.24) is 10.3 Å². The number of hydrogen-bond donors (Lipinski definition) is 1. The predicted octanol–water partition coefficient (Wildman–Crippen LogP) is 3.18. The Morgan fingerprint density at radius 1 is 1.41 bits per heavy atom. The topological polar surface area (TPSA) is 24.9 Å². The van der Waals surface area contributed by atoms with E-state index in [2.05, 4.69) is 31.1 Å². The molecule has 0 aliphatic rings.